The standard InChI is InChI=1S/C19H24BN2O/c1-13-11-14(21(3)4)7-9-16(13)19(23)17-10-8-15(22(5)6)12-18(17)20-2/h7-12H,1-6H3. The van der Waals surface area contributed by atoms with Crippen molar-refractivity contribution in [2.45, 2.75) is 13.7 Å². The van der Waals surface area contributed by atoms with Crippen LogP contribution in [-0.2, 0) is 0 Å². The number of nitrogens with zero attached hydrogens (tertiary/aromatic N) is 2. The normalized spacial score (nSPS) is 10.3. The molecule has 2 aromatic carbocycles. The van der Waals surface area contributed by atoms with E-state index in [-0.39, 0.29) is 5.78 Å². The van der Waals surface area contributed by atoms with E-state index in [0.717, 1.165) is 33.5 Å². The van der Waals surface area contributed by atoms with Gasteiger partial charge in [-0.1, -0.05) is 12.3 Å². The largest absolute Gasteiger partial charge is 0.378 e. The van der Waals surface area contributed by atoms with Gasteiger partial charge in [-0.15, -0.1) is 0 Å². The summed E-state index contributed by atoms with van der Waals surface area (Å²) in [5.74, 6) is 0.0752. The number of anilines is 2. The molecule has 0 unspecified atom stereocenters. The summed E-state index contributed by atoms with van der Waals surface area (Å²) in [5, 5.41) is 0. The first-order chi connectivity index (χ1) is 10.8. The molecule has 0 amide bonds. The summed E-state index contributed by atoms with van der Waals surface area (Å²) in [7, 11) is 9.99. The van der Waals surface area contributed by atoms with Crippen molar-refractivity contribution in [1.82, 2.24) is 0 Å². The second-order valence-electron chi connectivity index (χ2n) is 6.18. The second kappa shape index (κ2) is 6.90. The summed E-state index contributed by atoms with van der Waals surface area (Å²) < 4.78 is 0. The molecule has 0 heterocycles. The van der Waals surface area contributed by atoms with E-state index in [1.807, 2.05) is 83.3 Å². The molecule has 0 aliphatic heterocycles. The fourth-order valence-electron chi connectivity index (χ4n) is 2.60. The molecular weight excluding hydrogens is 283 g/mol. The first kappa shape index (κ1) is 17.1. The van der Waals surface area contributed by atoms with Crippen molar-refractivity contribution in [3.05, 3.63) is 53.1 Å². The smallest absolute Gasteiger partial charge is 0.192 e. The van der Waals surface area contributed by atoms with Gasteiger partial charge >= 0.3 is 0 Å². The predicted octanol–water partition coefficient (Wildman–Crippen LogP) is 2.74. The summed E-state index contributed by atoms with van der Waals surface area (Å²) in [5.41, 5.74) is 5.67. The Morgan fingerprint density at radius 1 is 0.870 bits per heavy atom. The minimum atomic E-state index is 0.0752. The van der Waals surface area contributed by atoms with Crippen LogP contribution in [0.25, 0.3) is 0 Å². The number of benzene rings is 2. The highest BCUT2D eigenvalue weighted by atomic mass is 16.1. The lowest BCUT2D eigenvalue weighted by molar-refractivity contribution is 0.103. The van der Waals surface area contributed by atoms with Crippen molar-refractivity contribution in [1.29, 1.82) is 0 Å². The van der Waals surface area contributed by atoms with E-state index < -0.39 is 0 Å². The number of hydrogen-bond acceptors (Lipinski definition) is 3. The summed E-state index contributed by atoms with van der Waals surface area (Å²) in [6.07, 6.45) is 0. The van der Waals surface area contributed by atoms with Gasteiger partial charge in [-0.25, -0.2) is 0 Å². The Labute approximate surface area is 140 Å². The topological polar surface area (TPSA) is 23.6 Å². The van der Waals surface area contributed by atoms with Crippen molar-refractivity contribution >= 4 is 29.9 Å². The van der Waals surface area contributed by atoms with Crippen molar-refractivity contribution in [2.75, 3.05) is 38.0 Å². The third kappa shape index (κ3) is 3.58. The molecule has 0 fully saturated rings. The van der Waals surface area contributed by atoms with Gasteiger partial charge in [0, 0.05) is 50.7 Å². The molecule has 0 spiro atoms. The molecule has 119 valence electrons. The van der Waals surface area contributed by atoms with E-state index in [1.54, 1.807) is 0 Å². The van der Waals surface area contributed by atoms with E-state index in [2.05, 4.69) is 12.1 Å². The molecular formula is C19H24BN2O. The lowest BCUT2D eigenvalue weighted by Crippen LogP contribution is -2.23. The van der Waals surface area contributed by atoms with Gasteiger partial charge < -0.3 is 9.80 Å². The SMILES string of the molecule is C[B]c1cc(N(C)C)ccc1C(=O)c1ccc(N(C)C)cc1C. The first-order valence-corrected chi connectivity index (χ1v) is 7.78. The minimum absolute atomic E-state index is 0.0752. The maximum absolute atomic E-state index is 13.0. The molecule has 2 aromatic rings. The summed E-state index contributed by atoms with van der Waals surface area (Å²) in [4.78, 5) is 17.0. The van der Waals surface area contributed by atoms with Crippen LogP contribution in [0.1, 0.15) is 21.5 Å². The molecule has 0 saturated carbocycles. The van der Waals surface area contributed by atoms with Crippen LogP contribution < -0.4 is 15.3 Å². The van der Waals surface area contributed by atoms with Crippen LogP contribution in [0.4, 0.5) is 11.4 Å². The second-order valence-corrected chi connectivity index (χ2v) is 6.18. The summed E-state index contributed by atoms with van der Waals surface area (Å²) in [6, 6.07) is 11.9. The Morgan fingerprint density at radius 3 is 1.87 bits per heavy atom. The highest BCUT2D eigenvalue weighted by Gasteiger charge is 2.16. The van der Waals surface area contributed by atoms with Gasteiger partial charge in [-0.05, 0) is 48.9 Å². The van der Waals surface area contributed by atoms with E-state index >= 15 is 0 Å². The van der Waals surface area contributed by atoms with Gasteiger partial charge in [0.15, 0.2) is 5.78 Å². The van der Waals surface area contributed by atoms with Crippen LogP contribution in [0.2, 0.25) is 6.82 Å². The number of rotatable bonds is 5. The van der Waals surface area contributed by atoms with E-state index in [0.29, 0.717) is 0 Å². The quantitative estimate of drug-likeness (QED) is 0.627. The molecule has 0 N–H and O–H groups in total. The molecule has 0 aliphatic rings. The number of hydrogen-bond donors (Lipinski definition) is 0. The van der Waals surface area contributed by atoms with Gasteiger partial charge in [0.2, 0.25) is 0 Å². The van der Waals surface area contributed by atoms with Crippen molar-refractivity contribution < 1.29 is 4.79 Å². The summed E-state index contributed by atoms with van der Waals surface area (Å²) in [6.45, 7) is 3.96. The average Bonchev–Trinajstić information content (AvgIpc) is 2.53. The lowest BCUT2D eigenvalue weighted by Gasteiger charge is -2.17. The number of ketones is 1. The lowest BCUT2D eigenvalue weighted by atomic mass is 9.69. The minimum Gasteiger partial charge on any atom is -0.378 e. The van der Waals surface area contributed by atoms with Crippen LogP contribution in [0.5, 0.6) is 0 Å². The monoisotopic (exact) mass is 307 g/mol. The highest BCUT2D eigenvalue weighted by Crippen LogP contribution is 2.21. The molecule has 0 saturated heterocycles. The van der Waals surface area contributed by atoms with E-state index in [4.69, 9.17) is 0 Å². The van der Waals surface area contributed by atoms with Crippen LogP contribution in [-0.4, -0.2) is 41.3 Å². The number of carbonyl (C=O) groups excluding carboxylic acids is 1. The number of carbonyl (C=O) groups is 1. The number of aryl methyl sites for hydroxylation is 1. The third-order valence-corrected chi connectivity index (χ3v) is 4.08. The Balaban J connectivity index is 2.44. The van der Waals surface area contributed by atoms with Crippen molar-refractivity contribution in [3.8, 4) is 0 Å². The molecule has 0 aromatic heterocycles. The Morgan fingerprint density at radius 2 is 1.39 bits per heavy atom. The van der Waals surface area contributed by atoms with Crippen molar-refractivity contribution in [3.63, 3.8) is 0 Å². The molecule has 0 aliphatic carbocycles. The Kier molecular flexibility index (Phi) is 5.14. The third-order valence-electron chi connectivity index (χ3n) is 4.08. The van der Waals surface area contributed by atoms with E-state index in [9.17, 15) is 4.79 Å². The zero-order chi connectivity index (χ0) is 17.1. The first-order valence-electron chi connectivity index (χ1n) is 7.78. The average molecular weight is 307 g/mol. The summed E-state index contributed by atoms with van der Waals surface area (Å²) >= 11 is 0. The van der Waals surface area contributed by atoms with Crippen LogP contribution in [0.15, 0.2) is 36.4 Å². The molecule has 4 heteroatoms. The zero-order valence-corrected chi connectivity index (χ0v) is 14.8. The van der Waals surface area contributed by atoms with Gasteiger partial charge in [0.1, 0.15) is 7.28 Å². The maximum atomic E-state index is 13.0. The zero-order valence-electron chi connectivity index (χ0n) is 14.8. The molecule has 23 heavy (non-hydrogen) atoms. The van der Waals surface area contributed by atoms with Crippen molar-refractivity contribution in [2.24, 2.45) is 0 Å². The van der Waals surface area contributed by atoms with E-state index in [1.165, 1.54) is 0 Å². The molecule has 3 nitrogen and oxygen atoms in total. The van der Waals surface area contributed by atoms with Crippen LogP contribution in [0.3, 0.4) is 0 Å². The van der Waals surface area contributed by atoms with Gasteiger partial charge in [0.05, 0.1) is 0 Å². The Hall–Kier alpha value is -2.23. The molecule has 1 radical (unpaired) electrons. The predicted molar refractivity (Wildman–Crippen MR) is 101 cm³/mol. The highest BCUT2D eigenvalue weighted by molar-refractivity contribution is 6.54. The molecule has 0 bridgehead atoms. The van der Waals surface area contributed by atoms with Gasteiger partial charge in [-0.3, -0.25) is 4.79 Å². The van der Waals surface area contributed by atoms with Gasteiger partial charge in [-0.2, -0.15) is 0 Å². The molecule has 2 rings (SSSR count). The molecule has 0 atom stereocenters. The fraction of sp³-hybridized carbons (Fsp3) is 0.316. The fourth-order valence-corrected chi connectivity index (χ4v) is 2.60. The van der Waals surface area contributed by atoms with Crippen LogP contribution >= 0.6 is 0 Å². The maximum Gasteiger partial charge on any atom is 0.192 e. The van der Waals surface area contributed by atoms with Crippen LogP contribution in [0, 0.1) is 6.92 Å². The van der Waals surface area contributed by atoms with Gasteiger partial charge in [0.25, 0.3) is 0 Å². The Bertz CT molecular complexity index is 723.